The molecule has 3 heterocycles. The van der Waals surface area contributed by atoms with Gasteiger partial charge in [0, 0.05) is 31.7 Å². The highest BCUT2D eigenvalue weighted by molar-refractivity contribution is 7.07. The molecule has 0 spiro atoms. The molecule has 1 unspecified atom stereocenters. The van der Waals surface area contributed by atoms with Crippen molar-refractivity contribution in [3.05, 3.63) is 39.8 Å². The standard InChI is InChI=1S/C17H24N4OS/c1-13-8-16(19-18-13)15-4-3-6-21(10-15)11-17(22)20(2)9-14-5-7-23-12-14/h5,7-8,12,15H,3-4,6,9-11H2,1-2H3,(H,18,19). The minimum Gasteiger partial charge on any atom is -0.340 e. The van der Waals surface area contributed by atoms with Gasteiger partial charge < -0.3 is 4.90 Å². The summed E-state index contributed by atoms with van der Waals surface area (Å²) in [6.07, 6.45) is 2.28. The van der Waals surface area contributed by atoms with Gasteiger partial charge >= 0.3 is 0 Å². The second-order valence-electron chi connectivity index (χ2n) is 6.43. The average Bonchev–Trinajstić information content (AvgIpc) is 3.19. The van der Waals surface area contributed by atoms with Crippen LogP contribution in [0.4, 0.5) is 0 Å². The third kappa shape index (κ3) is 4.20. The Morgan fingerprint density at radius 3 is 3.13 bits per heavy atom. The molecule has 1 amide bonds. The van der Waals surface area contributed by atoms with Gasteiger partial charge in [-0.3, -0.25) is 14.8 Å². The molecule has 1 atom stereocenters. The van der Waals surface area contributed by atoms with Crippen LogP contribution in [0.1, 0.15) is 35.7 Å². The molecule has 1 fully saturated rings. The van der Waals surface area contributed by atoms with E-state index in [1.54, 1.807) is 11.3 Å². The number of likely N-dealkylation sites (tertiary alicyclic amines) is 1. The topological polar surface area (TPSA) is 52.2 Å². The molecule has 0 aromatic carbocycles. The third-order valence-electron chi connectivity index (χ3n) is 4.43. The van der Waals surface area contributed by atoms with E-state index >= 15 is 0 Å². The molecule has 1 aliphatic heterocycles. The van der Waals surface area contributed by atoms with Crippen LogP contribution in [-0.4, -0.2) is 52.6 Å². The number of hydrogen-bond acceptors (Lipinski definition) is 4. The maximum atomic E-state index is 12.5. The fourth-order valence-corrected chi connectivity index (χ4v) is 3.81. The van der Waals surface area contributed by atoms with E-state index in [1.165, 1.54) is 5.56 Å². The Morgan fingerprint density at radius 2 is 2.43 bits per heavy atom. The summed E-state index contributed by atoms with van der Waals surface area (Å²) in [6.45, 7) is 5.14. The molecule has 0 bridgehead atoms. The van der Waals surface area contributed by atoms with Gasteiger partial charge in [0.15, 0.2) is 0 Å². The zero-order chi connectivity index (χ0) is 16.2. The van der Waals surface area contributed by atoms with Crippen molar-refractivity contribution in [3.63, 3.8) is 0 Å². The lowest BCUT2D eigenvalue weighted by Crippen LogP contribution is -2.42. The summed E-state index contributed by atoms with van der Waals surface area (Å²) in [5.74, 6) is 0.624. The van der Waals surface area contributed by atoms with Crippen molar-refractivity contribution in [2.75, 3.05) is 26.7 Å². The Kier molecular flexibility index (Phi) is 5.13. The number of carbonyl (C=O) groups excluding carboxylic acids is 1. The average molecular weight is 332 g/mol. The van der Waals surface area contributed by atoms with Gasteiger partial charge in [0.1, 0.15) is 0 Å². The van der Waals surface area contributed by atoms with Gasteiger partial charge in [-0.15, -0.1) is 0 Å². The number of aromatic amines is 1. The van der Waals surface area contributed by atoms with Crippen molar-refractivity contribution in [2.45, 2.75) is 32.2 Å². The SMILES string of the molecule is Cc1cc(C2CCCN(CC(=O)N(C)Cc3ccsc3)C2)n[nH]1. The van der Waals surface area contributed by atoms with E-state index in [2.05, 4.69) is 38.0 Å². The quantitative estimate of drug-likeness (QED) is 0.916. The summed E-state index contributed by atoms with van der Waals surface area (Å²) in [6, 6.07) is 4.20. The Balaban J connectivity index is 1.53. The maximum absolute atomic E-state index is 12.5. The Labute approximate surface area is 141 Å². The first-order valence-electron chi connectivity index (χ1n) is 8.11. The lowest BCUT2D eigenvalue weighted by molar-refractivity contribution is -0.131. The normalized spacial score (nSPS) is 19.0. The number of nitrogens with one attached hydrogen (secondary N) is 1. The number of carbonyl (C=O) groups is 1. The number of nitrogens with zero attached hydrogens (tertiary/aromatic N) is 3. The summed E-state index contributed by atoms with van der Waals surface area (Å²) in [7, 11) is 1.89. The number of aromatic nitrogens is 2. The van der Waals surface area contributed by atoms with E-state index in [9.17, 15) is 4.79 Å². The molecule has 6 heteroatoms. The summed E-state index contributed by atoms with van der Waals surface area (Å²) >= 11 is 1.67. The molecular weight excluding hydrogens is 308 g/mol. The number of rotatable bonds is 5. The van der Waals surface area contributed by atoms with Gasteiger partial charge in [-0.1, -0.05) is 0 Å². The second-order valence-corrected chi connectivity index (χ2v) is 7.21. The monoisotopic (exact) mass is 332 g/mol. The van der Waals surface area contributed by atoms with Crippen molar-refractivity contribution in [1.82, 2.24) is 20.0 Å². The van der Waals surface area contributed by atoms with Crippen LogP contribution in [0.2, 0.25) is 0 Å². The number of likely N-dealkylation sites (N-methyl/N-ethyl adjacent to an activating group) is 1. The van der Waals surface area contributed by atoms with Gasteiger partial charge in [0.25, 0.3) is 0 Å². The van der Waals surface area contributed by atoms with Crippen LogP contribution < -0.4 is 0 Å². The van der Waals surface area contributed by atoms with Gasteiger partial charge in [-0.2, -0.15) is 16.4 Å². The first-order valence-corrected chi connectivity index (χ1v) is 9.05. The number of thiophene rings is 1. The molecule has 0 aliphatic carbocycles. The van der Waals surface area contributed by atoms with E-state index in [-0.39, 0.29) is 5.91 Å². The molecular formula is C17H24N4OS. The maximum Gasteiger partial charge on any atom is 0.236 e. The number of piperidine rings is 1. The molecule has 0 saturated carbocycles. The molecule has 3 rings (SSSR count). The fourth-order valence-electron chi connectivity index (χ4n) is 3.15. The zero-order valence-electron chi connectivity index (χ0n) is 13.8. The van der Waals surface area contributed by atoms with Gasteiger partial charge in [-0.25, -0.2) is 0 Å². The zero-order valence-corrected chi connectivity index (χ0v) is 14.6. The highest BCUT2D eigenvalue weighted by atomic mass is 32.1. The van der Waals surface area contributed by atoms with Crippen LogP contribution in [0, 0.1) is 6.92 Å². The summed E-state index contributed by atoms with van der Waals surface area (Å²) in [4.78, 5) is 16.5. The predicted molar refractivity (Wildman–Crippen MR) is 92.5 cm³/mol. The number of amides is 1. The van der Waals surface area contributed by atoms with Crippen LogP contribution in [0.15, 0.2) is 22.9 Å². The molecule has 1 saturated heterocycles. The molecule has 124 valence electrons. The van der Waals surface area contributed by atoms with Crippen molar-refractivity contribution in [2.24, 2.45) is 0 Å². The van der Waals surface area contributed by atoms with E-state index in [0.29, 0.717) is 19.0 Å². The second kappa shape index (κ2) is 7.27. The minimum atomic E-state index is 0.190. The van der Waals surface area contributed by atoms with E-state index in [4.69, 9.17) is 0 Å². The Bertz CT molecular complexity index is 637. The molecule has 1 N–H and O–H groups in total. The Hall–Kier alpha value is -1.66. The van der Waals surface area contributed by atoms with Crippen molar-refractivity contribution in [3.8, 4) is 0 Å². The third-order valence-corrected chi connectivity index (χ3v) is 5.17. The highest BCUT2D eigenvalue weighted by Gasteiger charge is 2.25. The number of aryl methyl sites for hydroxylation is 1. The smallest absolute Gasteiger partial charge is 0.236 e. The summed E-state index contributed by atoms with van der Waals surface area (Å²) in [5, 5.41) is 11.6. The summed E-state index contributed by atoms with van der Waals surface area (Å²) < 4.78 is 0. The van der Waals surface area contributed by atoms with Crippen LogP contribution in [0.25, 0.3) is 0 Å². The lowest BCUT2D eigenvalue weighted by Gasteiger charge is -2.32. The van der Waals surface area contributed by atoms with Crippen LogP contribution in [0.3, 0.4) is 0 Å². The van der Waals surface area contributed by atoms with Crippen LogP contribution >= 0.6 is 11.3 Å². The predicted octanol–water partition coefficient (Wildman–Crippen LogP) is 2.62. The van der Waals surface area contributed by atoms with E-state index in [0.717, 1.165) is 37.3 Å². The van der Waals surface area contributed by atoms with Crippen molar-refractivity contribution >= 4 is 17.2 Å². The van der Waals surface area contributed by atoms with Crippen molar-refractivity contribution in [1.29, 1.82) is 0 Å². The first-order chi connectivity index (χ1) is 11.1. The van der Waals surface area contributed by atoms with Crippen LogP contribution in [0.5, 0.6) is 0 Å². The van der Waals surface area contributed by atoms with Gasteiger partial charge in [-0.05, 0) is 54.8 Å². The van der Waals surface area contributed by atoms with Crippen molar-refractivity contribution < 1.29 is 4.79 Å². The molecule has 0 radical (unpaired) electrons. The number of hydrogen-bond donors (Lipinski definition) is 1. The van der Waals surface area contributed by atoms with E-state index in [1.807, 2.05) is 18.9 Å². The van der Waals surface area contributed by atoms with Gasteiger partial charge in [0.2, 0.25) is 5.91 Å². The van der Waals surface area contributed by atoms with E-state index < -0.39 is 0 Å². The molecule has 2 aromatic rings. The molecule has 2 aromatic heterocycles. The van der Waals surface area contributed by atoms with Gasteiger partial charge in [0.05, 0.1) is 12.2 Å². The van der Waals surface area contributed by atoms with Crippen LogP contribution in [-0.2, 0) is 11.3 Å². The lowest BCUT2D eigenvalue weighted by atomic mass is 9.94. The Morgan fingerprint density at radius 1 is 1.57 bits per heavy atom. The molecule has 1 aliphatic rings. The first kappa shape index (κ1) is 16.2. The summed E-state index contributed by atoms with van der Waals surface area (Å²) in [5.41, 5.74) is 3.43. The highest BCUT2D eigenvalue weighted by Crippen LogP contribution is 2.25. The molecule has 23 heavy (non-hydrogen) atoms. The number of H-pyrrole nitrogens is 1. The fraction of sp³-hybridized carbons (Fsp3) is 0.529. The largest absolute Gasteiger partial charge is 0.340 e. The minimum absolute atomic E-state index is 0.190. The molecule has 5 nitrogen and oxygen atoms in total.